The van der Waals surface area contributed by atoms with Crippen molar-refractivity contribution in [2.45, 2.75) is 0 Å². The number of ether oxygens (including phenoxy) is 4. The summed E-state index contributed by atoms with van der Waals surface area (Å²) in [7, 11) is 6.01. The van der Waals surface area contributed by atoms with Crippen LogP contribution in [0.3, 0.4) is 0 Å². The number of H-pyrrole nitrogens is 2. The van der Waals surface area contributed by atoms with E-state index in [0.717, 1.165) is 4.68 Å². The summed E-state index contributed by atoms with van der Waals surface area (Å²) in [6, 6.07) is 8.62. The highest BCUT2D eigenvalue weighted by Gasteiger charge is 2.16. The van der Waals surface area contributed by atoms with Gasteiger partial charge in [-0.1, -0.05) is 0 Å². The molecule has 2 heterocycles. The van der Waals surface area contributed by atoms with E-state index in [9.17, 15) is 9.59 Å². The highest BCUT2D eigenvalue weighted by molar-refractivity contribution is 6.04. The molecule has 2 aromatic carbocycles. The summed E-state index contributed by atoms with van der Waals surface area (Å²) in [5.74, 6) is 1.81. The fraction of sp³-hybridized carbons (Fsp3) is 0.190. The molecule has 0 aliphatic rings. The van der Waals surface area contributed by atoms with Gasteiger partial charge in [0.05, 0.1) is 40.2 Å². The zero-order valence-electron chi connectivity index (χ0n) is 17.3. The molecule has 0 amide bonds. The molecule has 31 heavy (non-hydrogen) atoms. The molecule has 0 spiro atoms. The van der Waals surface area contributed by atoms with Crippen molar-refractivity contribution in [3.8, 4) is 23.0 Å². The minimum absolute atomic E-state index is 0.222. The first-order valence-electron chi connectivity index (χ1n) is 9.20. The molecule has 4 rings (SSSR count). The van der Waals surface area contributed by atoms with Gasteiger partial charge in [-0.25, -0.2) is 4.79 Å². The number of aromatic nitrogens is 3. The Labute approximate surface area is 175 Å². The van der Waals surface area contributed by atoms with Crippen molar-refractivity contribution >= 4 is 28.2 Å². The first-order valence-corrected chi connectivity index (χ1v) is 9.20. The Morgan fingerprint density at radius 1 is 0.871 bits per heavy atom. The van der Waals surface area contributed by atoms with Crippen LogP contribution in [0.1, 0.15) is 5.56 Å². The van der Waals surface area contributed by atoms with Gasteiger partial charge in [0, 0.05) is 16.5 Å². The van der Waals surface area contributed by atoms with Gasteiger partial charge in [-0.15, -0.1) is 4.68 Å². The molecule has 0 bridgehead atoms. The predicted octanol–water partition coefficient (Wildman–Crippen LogP) is 2.09. The molecule has 0 saturated heterocycles. The van der Waals surface area contributed by atoms with E-state index in [4.69, 9.17) is 18.9 Å². The Morgan fingerprint density at radius 3 is 2.32 bits per heavy atom. The highest BCUT2D eigenvalue weighted by atomic mass is 16.5. The number of benzene rings is 2. The van der Waals surface area contributed by atoms with Gasteiger partial charge in [-0.3, -0.25) is 4.79 Å². The molecular weight excluding hydrogens is 404 g/mol. The number of methoxy groups -OCH3 is 4. The summed E-state index contributed by atoms with van der Waals surface area (Å²) < 4.78 is 22.0. The molecule has 0 unspecified atom stereocenters. The third-order valence-corrected chi connectivity index (χ3v) is 4.88. The van der Waals surface area contributed by atoms with E-state index < -0.39 is 11.2 Å². The number of hydrogen-bond acceptors (Lipinski definition) is 7. The van der Waals surface area contributed by atoms with Gasteiger partial charge in [0.2, 0.25) is 5.75 Å². The Morgan fingerprint density at radius 2 is 1.65 bits per heavy atom. The lowest BCUT2D eigenvalue weighted by molar-refractivity contribution is 0.324. The highest BCUT2D eigenvalue weighted by Crippen LogP contribution is 2.39. The molecule has 0 atom stereocenters. The molecule has 160 valence electrons. The Kier molecular flexibility index (Phi) is 5.12. The van der Waals surface area contributed by atoms with Crippen LogP contribution in [0.5, 0.6) is 23.0 Å². The minimum atomic E-state index is -0.683. The van der Waals surface area contributed by atoms with E-state index in [2.05, 4.69) is 15.1 Å². The molecule has 2 aromatic heterocycles. The van der Waals surface area contributed by atoms with Crippen LogP contribution in [0.25, 0.3) is 21.9 Å². The number of hydrogen-bond donors (Lipinski definition) is 2. The monoisotopic (exact) mass is 424 g/mol. The summed E-state index contributed by atoms with van der Waals surface area (Å²) >= 11 is 0. The van der Waals surface area contributed by atoms with E-state index >= 15 is 0 Å². The zero-order valence-corrected chi connectivity index (χ0v) is 17.3. The average Bonchev–Trinajstić information content (AvgIpc) is 3.15. The van der Waals surface area contributed by atoms with Crippen molar-refractivity contribution in [3.05, 3.63) is 56.7 Å². The Hall–Kier alpha value is -4.21. The molecule has 0 aliphatic heterocycles. The van der Waals surface area contributed by atoms with Crippen LogP contribution in [-0.2, 0) is 0 Å². The van der Waals surface area contributed by atoms with Crippen molar-refractivity contribution < 1.29 is 18.9 Å². The van der Waals surface area contributed by atoms with E-state index in [1.165, 1.54) is 27.5 Å². The Bertz CT molecular complexity index is 1430. The third kappa shape index (κ3) is 3.27. The number of aromatic amines is 2. The number of nitrogens with zero attached hydrogens (tertiary/aromatic N) is 2. The molecule has 2 N–H and O–H groups in total. The second-order valence-corrected chi connectivity index (χ2v) is 6.50. The van der Waals surface area contributed by atoms with Crippen molar-refractivity contribution in [3.63, 3.8) is 0 Å². The summed E-state index contributed by atoms with van der Waals surface area (Å²) in [5, 5.41) is 4.75. The molecule has 0 saturated carbocycles. The Balaban J connectivity index is 1.86. The first-order chi connectivity index (χ1) is 15.0. The van der Waals surface area contributed by atoms with Crippen molar-refractivity contribution in [2.24, 2.45) is 5.10 Å². The van der Waals surface area contributed by atoms with Crippen LogP contribution in [0.15, 0.2) is 45.0 Å². The summed E-state index contributed by atoms with van der Waals surface area (Å²) in [6.07, 6.45) is 1.34. The van der Waals surface area contributed by atoms with Crippen LogP contribution in [-0.4, -0.2) is 49.3 Å². The summed E-state index contributed by atoms with van der Waals surface area (Å²) in [5.41, 5.74) is 0.514. The largest absolute Gasteiger partial charge is 0.497 e. The van der Waals surface area contributed by atoms with E-state index in [1.54, 1.807) is 37.4 Å². The molecule has 4 aromatic rings. The van der Waals surface area contributed by atoms with Crippen molar-refractivity contribution in [1.82, 2.24) is 14.6 Å². The SMILES string of the molecule is COc1ccc2[nH]c3c(=O)n(/N=C/c4ccc(OC)c(OC)c4OC)c(=O)[nH]c3c2c1. The quantitative estimate of drug-likeness (QED) is 0.458. The lowest BCUT2D eigenvalue weighted by Gasteiger charge is -2.13. The van der Waals surface area contributed by atoms with E-state index in [0.29, 0.717) is 45.0 Å². The standard InChI is InChI=1S/C21H20N4O6/c1-28-12-6-7-14-13(9-12)16-17(23-14)20(26)25(21(27)24-16)22-10-11-5-8-15(29-2)19(31-4)18(11)30-3/h5-10,23H,1-4H3,(H,24,27)/b22-10+. The van der Waals surface area contributed by atoms with Gasteiger partial charge >= 0.3 is 11.2 Å². The van der Waals surface area contributed by atoms with Crippen molar-refractivity contribution in [2.75, 3.05) is 28.4 Å². The van der Waals surface area contributed by atoms with Gasteiger partial charge in [0.25, 0.3) is 0 Å². The topological polar surface area (TPSA) is 120 Å². The third-order valence-electron chi connectivity index (χ3n) is 4.88. The average molecular weight is 424 g/mol. The maximum atomic E-state index is 13.0. The van der Waals surface area contributed by atoms with Gasteiger partial charge in [0.15, 0.2) is 11.5 Å². The molecule has 10 heteroatoms. The zero-order chi connectivity index (χ0) is 22.1. The number of fused-ring (bicyclic) bond motifs is 3. The van der Waals surface area contributed by atoms with Gasteiger partial charge in [-0.05, 0) is 30.3 Å². The summed E-state index contributed by atoms with van der Waals surface area (Å²) in [6.45, 7) is 0. The number of nitrogens with one attached hydrogen (secondary N) is 2. The van der Waals surface area contributed by atoms with Gasteiger partial charge < -0.3 is 28.9 Å². The van der Waals surface area contributed by atoms with Crippen LogP contribution in [0, 0.1) is 0 Å². The van der Waals surface area contributed by atoms with Crippen LogP contribution >= 0.6 is 0 Å². The van der Waals surface area contributed by atoms with Gasteiger partial charge in [0.1, 0.15) is 11.3 Å². The van der Waals surface area contributed by atoms with Crippen molar-refractivity contribution in [1.29, 1.82) is 0 Å². The van der Waals surface area contributed by atoms with Crippen LogP contribution in [0.4, 0.5) is 0 Å². The second kappa shape index (κ2) is 7.90. The lowest BCUT2D eigenvalue weighted by atomic mass is 10.2. The fourth-order valence-corrected chi connectivity index (χ4v) is 3.40. The molecule has 0 aliphatic carbocycles. The maximum absolute atomic E-state index is 13.0. The molecular formula is C21H20N4O6. The first kappa shape index (κ1) is 20.1. The maximum Gasteiger partial charge on any atom is 0.350 e. The van der Waals surface area contributed by atoms with Crippen LogP contribution in [0.2, 0.25) is 0 Å². The number of rotatable bonds is 6. The predicted molar refractivity (Wildman–Crippen MR) is 116 cm³/mol. The second-order valence-electron chi connectivity index (χ2n) is 6.50. The molecule has 10 nitrogen and oxygen atoms in total. The summed E-state index contributed by atoms with van der Waals surface area (Å²) in [4.78, 5) is 31.3. The van der Waals surface area contributed by atoms with E-state index in [-0.39, 0.29) is 5.52 Å². The molecule has 0 radical (unpaired) electrons. The normalized spacial score (nSPS) is 11.4. The lowest BCUT2D eigenvalue weighted by Crippen LogP contribution is -2.32. The van der Waals surface area contributed by atoms with Gasteiger partial charge in [-0.2, -0.15) is 5.10 Å². The minimum Gasteiger partial charge on any atom is -0.497 e. The smallest absolute Gasteiger partial charge is 0.350 e. The van der Waals surface area contributed by atoms with Crippen LogP contribution < -0.4 is 30.2 Å². The molecule has 0 fully saturated rings. The fourth-order valence-electron chi connectivity index (χ4n) is 3.40. The van der Waals surface area contributed by atoms with E-state index in [1.807, 2.05) is 0 Å².